The molecule has 0 spiro atoms. The Labute approximate surface area is 208 Å². The molecule has 35 heavy (non-hydrogen) atoms. The Morgan fingerprint density at radius 1 is 0.857 bits per heavy atom. The van der Waals surface area contributed by atoms with Crippen LogP contribution in [-0.2, 0) is 26.7 Å². The molecule has 0 heterocycles. The minimum atomic E-state index is -3.72. The summed E-state index contributed by atoms with van der Waals surface area (Å²) in [6.07, 6.45) is 2.81. The van der Waals surface area contributed by atoms with Gasteiger partial charge in [0, 0.05) is 6.54 Å². The van der Waals surface area contributed by atoms with E-state index in [1.54, 1.807) is 24.3 Å². The second kappa shape index (κ2) is 11.4. The smallest absolute Gasteiger partial charge is 0.415 e. The van der Waals surface area contributed by atoms with Crippen LogP contribution in [0.4, 0.5) is 0 Å². The molecule has 1 aliphatic rings. The summed E-state index contributed by atoms with van der Waals surface area (Å²) in [5.41, 5.74) is 1.63. The zero-order valence-electron chi connectivity index (χ0n) is 19.9. The number of hydrogen-bond donors (Lipinski definition) is 1. The molecule has 1 unspecified atom stereocenters. The fourth-order valence-electron chi connectivity index (χ4n) is 3.91. The summed E-state index contributed by atoms with van der Waals surface area (Å²) in [4.78, 5) is 0. The van der Waals surface area contributed by atoms with Gasteiger partial charge >= 0.3 is 7.60 Å². The van der Waals surface area contributed by atoms with Gasteiger partial charge in [-0.3, -0.25) is 5.32 Å². The Morgan fingerprint density at radius 3 is 1.89 bits per heavy atom. The van der Waals surface area contributed by atoms with Crippen molar-refractivity contribution in [1.82, 2.24) is 5.32 Å². The van der Waals surface area contributed by atoms with Crippen LogP contribution in [0.15, 0.2) is 84.9 Å². The summed E-state index contributed by atoms with van der Waals surface area (Å²) in [5.74, 6) is 0.351. The molecule has 1 atom stereocenters. The fourth-order valence-corrected chi connectivity index (χ4v) is 7.73. The maximum absolute atomic E-state index is 14.3. The average molecular weight is 514 g/mol. The van der Waals surface area contributed by atoms with E-state index in [0.29, 0.717) is 24.5 Å². The highest BCUT2D eigenvalue weighted by Gasteiger charge is 2.39. The van der Waals surface area contributed by atoms with Crippen molar-refractivity contribution in [2.24, 2.45) is 0 Å². The Hall–Kier alpha value is -2.60. The molecule has 0 radical (unpaired) electrons. The van der Waals surface area contributed by atoms with Crippen molar-refractivity contribution >= 4 is 17.4 Å². The summed E-state index contributed by atoms with van der Waals surface area (Å²) in [6, 6.07) is 25.5. The zero-order valence-corrected chi connectivity index (χ0v) is 21.6. The predicted octanol–water partition coefficient (Wildman–Crippen LogP) is 6.33. The highest BCUT2D eigenvalue weighted by molar-refractivity contribution is 7.91. The Balaban J connectivity index is 1.58. The second-order valence-corrected chi connectivity index (χ2v) is 13.2. The van der Waals surface area contributed by atoms with Crippen LogP contribution < -0.4 is 14.4 Å². The van der Waals surface area contributed by atoms with Crippen LogP contribution in [0.3, 0.4) is 0 Å². The molecule has 1 fully saturated rings. The van der Waals surface area contributed by atoms with Crippen LogP contribution in [0.2, 0.25) is 0 Å². The Morgan fingerprint density at radius 2 is 1.37 bits per heavy atom. The third kappa shape index (κ3) is 6.97. The summed E-state index contributed by atoms with van der Waals surface area (Å²) >= 11 is 0. The van der Waals surface area contributed by atoms with Gasteiger partial charge < -0.3 is 9.05 Å². The lowest BCUT2D eigenvalue weighted by atomic mass is 10.1. The molecular formula is C27H32NO5PS. The first-order valence-corrected chi connectivity index (χ1v) is 15.3. The van der Waals surface area contributed by atoms with E-state index < -0.39 is 23.2 Å². The quantitative estimate of drug-likeness (QED) is 0.269. The minimum absolute atomic E-state index is 0.0205. The Kier molecular flexibility index (Phi) is 8.32. The topological polar surface area (TPSA) is 81.7 Å². The normalized spacial score (nSPS) is 14.9. The molecule has 1 saturated carbocycles. The lowest BCUT2D eigenvalue weighted by Crippen LogP contribution is -2.32. The molecule has 4 rings (SSSR count). The molecule has 1 N–H and O–H groups in total. The number of benzene rings is 3. The van der Waals surface area contributed by atoms with E-state index in [4.69, 9.17) is 9.05 Å². The molecule has 0 aromatic heterocycles. The van der Waals surface area contributed by atoms with Crippen LogP contribution in [0.5, 0.6) is 11.5 Å². The van der Waals surface area contributed by atoms with Crippen LogP contribution in [0.1, 0.15) is 43.7 Å². The van der Waals surface area contributed by atoms with Gasteiger partial charge in [0.15, 0.2) is 9.84 Å². The zero-order chi connectivity index (χ0) is 24.7. The van der Waals surface area contributed by atoms with Crippen molar-refractivity contribution in [1.29, 1.82) is 0 Å². The summed E-state index contributed by atoms with van der Waals surface area (Å²) in [7, 11) is -6.87. The van der Waals surface area contributed by atoms with E-state index in [0.717, 1.165) is 30.4 Å². The van der Waals surface area contributed by atoms with Crippen LogP contribution >= 0.6 is 7.60 Å². The number of nitrogens with one attached hydrogen (secondary N) is 1. The molecule has 1 aliphatic carbocycles. The monoisotopic (exact) mass is 513 g/mol. The first kappa shape index (κ1) is 25.5. The largest absolute Gasteiger partial charge is 0.447 e. The van der Waals surface area contributed by atoms with Gasteiger partial charge in [-0.2, -0.15) is 0 Å². The molecule has 3 aromatic carbocycles. The molecule has 3 aromatic rings. The molecule has 0 aliphatic heterocycles. The maximum atomic E-state index is 14.3. The summed E-state index contributed by atoms with van der Waals surface area (Å²) < 4.78 is 51.6. The van der Waals surface area contributed by atoms with E-state index in [9.17, 15) is 13.0 Å². The van der Waals surface area contributed by atoms with E-state index >= 15 is 0 Å². The van der Waals surface area contributed by atoms with E-state index in [2.05, 4.69) is 5.32 Å². The average Bonchev–Trinajstić information content (AvgIpc) is 3.70. The van der Waals surface area contributed by atoms with Crippen molar-refractivity contribution in [2.75, 3.05) is 0 Å². The Bertz CT molecular complexity index is 1200. The van der Waals surface area contributed by atoms with Gasteiger partial charge in [0.1, 0.15) is 17.3 Å². The van der Waals surface area contributed by atoms with E-state index in [1.807, 2.05) is 67.6 Å². The lowest BCUT2D eigenvalue weighted by molar-refractivity contribution is 0.353. The third-order valence-electron chi connectivity index (χ3n) is 5.93. The van der Waals surface area contributed by atoms with Crippen molar-refractivity contribution in [3.63, 3.8) is 0 Å². The molecule has 0 saturated heterocycles. The van der Waals surface area contributed by atoms with E-state index in [-0.39, 0.29) is 11.0 Å². The first-order valence-electron chi connectivity index (χ1n) is 12.0. The number of rotatable bonds is 13. The van der Waals surface area contributed by atoms with Crippen LogP contribution in [0, 0.1) is 0 Å². The number of hydrogen-bond acceptors (Lipinski definition) is 6. The maximum Gasteiger partial charge on any atom is 0.447 e. The van der Waals surface area contributed by atoms with Crippen molar-refractivity contribution in [3.05, 3.63) is 96.1 Å². The molecular weight excluding hydrogens is 481 g/mol. The van der Waals surface area contributed by atoms with Crippen LogP contribution in [0.25, 0.3) is 0 Å². The minimum Gasteiger partial charge on any atom is -0.415 e. The number of para-hydroxylation sites is 2. The lowest BCUT2D eigenvalue weighted by Gasteiger charge is -2.28. The summed E-state index contributed by atoms with van der Waals surface area (Å²) in [6.45, 7) is 2.36. The molecule has 6 nitrogen and oxygen atoms in total. The predicted molar refractivity (Wildman–Crippen MR) is 139 cm³/mol. The fraction of sp³-hybridized carbons (Fsp3) is 0.333. The van der Waals surface area contributed by atoms with Gasteiger partial charge in [0.2, 0.25) is 0 Å². The van der Waals surface area contributed by atoms with Gasteiger partial charge in [0.05, 0.1) is 11.0 Å². The van der Waals surface area contributed by atoms with Gasteiger partial charge in [-0.15, -0.1) is 0 Å². The van der Waals surface area contributed by atoms with Gasteiger partial charge in [-0.25, -0.2) is 13.0 Å². The highest BCUT2D eigenvalue weighted by atomic mass is 32.2. The van der Waals surface area contributed by atoms with Crippen LogP contribution in [-0.4, -0.2) is 19.5 Å². The molecule has 0 amide bonds. The molecule has 8 heteroatoms. The second-order valence-electron chi connectivity index (χ2n) is 8.81. The van der Waals surface area contributed by atoms with Gasteiger partial charge in [-0.05, 0) is 54.7 Å². The standard InChI is InChI=1S/C27H32NO5PS/c1-2-11-27(28-20-22-12-9-10-13-23(22)21-35(30,31)26-18-19-26)34(29,32-24-14-5-3-6-15-24)33-25-16-7-4-8-17-25/h3-10,12-17,26-28H,2,11,18-21H2,1H3. The summed E-state index contributed by atoms with van der Waals surface area (Å²) in [5, 5.41) is 3.17. The SMILES string of the molecule is CCCC(NCc1ccccc1CS(=O)(=O)C1CC1)P(=O)(Oc1ccccc1)Oc1ccccc1. The molecule has 186 valence electrons. The van der Waals surface area contributed by atoms with Crippen molar-refractivity contribution in [3.8, 4) is 11.5 Å². The highest BCUT2D eigenvalue weighted by Crippen LogP contribution is 2.53. The third-order valence-corrected chi connectivity index (χ3v) is 10.3. The first-order chi connectivity index (χ1) is 16.9. The van der Waals surface area contributed by atoms with Gasteiger partial charge in [0.25, 0.3) is 0 Å². The van der Waals surface area contributed by atoms with E-state index in [1.165, 1.54) is 0 Å². The number of sulfone groups is 1. The van der Waals surface area contributed by atoms with Gasteiger partial charge in [-0.1, -0.05) is 74.0 Å². The van der Waals surface area contributed by atoms with Crippen molar-refractivity contribution < 1.29 is 22.0 Å². The molecule has 0 bridgehead atoms. The van der Waals surface area contributed by atoms with Crippen molar-refractivity contribution in [2.45, 2.75) is 55.9 Å².